The van der Waals surface area contributed by atoms with Crippen LogP contribution in [0.15, 0.2) is 18.6 Å². The van der Waals surface area contributed by atoms with Gasteiger partial charge in [-0.1, -0.05) is 0 Å². The van der Waals surface area contributed by atoms with E-state index in [0.29, 0.717) is 17.4 Å². The van der Waals surface area contributed by atoms with Crippen molar-refractivity contribution in [2.24, 2.45) is 21.1 Å². The average Bonchev–Trinajstić information content (AvgIpc) is 3.43. The number of carbonyl (C=O) groups is 4. The lowest BCUT2D eigenvalue weighted by Crippen LogP contribution is -2.42. The van der Waals surface area contributed by atoms with Gasteiger partial charge in [-0.2, -0.15) is 0 Å². The van der Waals surface area contributed by atoms with Crippen LogP contribution < -0.4 is 21.3 Å². The highest BCUT2D eigenvalue weighted by atomic mass is 16.2. The molecule has 0 bridgehead atoms. The fourth-order valence-corrected chi connectivity index (χ4v) is 3.21. The molecule has 3 heterocycles. The minimum atomic E-state index is -0.581. The van der Waals surface area contributed by atoms with Gasteiger partial charge in [-0.05, 0) is 0 Å². The van der Waals surface area contributed by atoms with E-state index >= 15 is 0 Å². The van der Waals surface area contributed by atoms with Gasteiger partial charge in [-0.25, -0.2) is 15.0 Å². The van der Waals surface area contributed by atoms with Gasteiger partial charge < -0.3 is 39.5 Å². The van der Waals surface area contributed by atoms with Crippen molar-refractivity contribution in [3.05, 3.63) is 36.1 Å². The van der Waals surface area contributed by atoms with Crippen molar-refractivity contribution in [3.63, 3.8) is 0 Å². The Hall–Kier alpha value is -4.53. The third-order valence-corrected chi connectivity index (χ3v) is 5.00. The molecular weight excluding hydrogens is 470 g/mol. The Balaban J connectivity index is 1.65. The molecule has 3 aromatic rings. The molecule has 0 fully saturated rings. The number of aromatic nitrogens is 6. The third-order valence-electron chi connectivity index (χ3n) is 5.00. The maximum absolute atomic E-state index is 12.8. The second-order valence-electron chi connectivity index (χ2n) is 9.12. The van der Waals surface area contributed by atoms with Gasteiger partial charge in [0.05, 0.1) is 34.2 Å². The van der Waals surface area contributed by atoms with Crippen LogP contribution in [0.4, 0.5) is 17.5 Å². The van der Waals surface area contributed by atoms with Gasteiger partial charge in [0.1, 0.15) is 0 Å². The summed E-state index contributed by atoms with van der Waals surface area (Å²) in [5.41, 5.74) is 0. The Kier molecular flexibility index (Phi) is 7.53. The largest absolute Gasteiger partial charge is 0.344 e. The van der Waals surface area contributed by atoms with E-state index in [9.17, 15) is 19.2 Å². The number of aryl methyl sites for hydroxylation is 3. The number of likely N-dealkylation sites (N-methyl/N-ethyl adjacent to an activating group) is 1. The number of hydrogen-bond acceptors (Lipinski definition) is 7. The topological polar surface area (TPSA) is 170 Å². The van der Waals surface area contributed by atoms with Crippen LogP contribution in [-0.4, -0.2) is 91.5 Å². The second kappa shape index (κ2) is 10.4. The van der Waals surface area contributed by atoms with Crippen molar-refractivity contribution in [1.82, 2.24) is 34.0 Å². The summed E-state index contributed by atoms with van der Waals surface area (Å²) in [6, 6.07) is 0. The van der Waals surface area contributed by atoms with Gasteiger partial charge in [-0.3, -0.25) is 19.2 Å². The van der Waals surface area contributed by atoms with E-state index in [1.54, 1.807) is 21.1 Å². The number of rotatable bonds is 10. The number of quaternary nitrogens is 1. The van der Waals surface area contributed by atoms with E-state index in [1.165, 1.54) is 32.3 Å². The molecule has 0 aliphatic carbocycles. The summed E-state index contributed by atoms with van der Waals surface area (Å²) in [4.78, 5) is 60.8. The highest BCUT2D eigenvalue weighted by molar-refractivity contribution is 6.04. The third kappa shape index (κ3) is 6.32. The van der Waals surface area contributed by atoms with Crippen LogP contribution in [0, 0.1) is 0 Å². The SMILES string of the molecule is Cn1cc(NC(=O)c2nc(NC(=O)c3nc(NC=O)cn3C)cn2C)nc1C(=O)NCC[N+](C)(C)C. The summed E-state index contributed by atoms with van der Waals surface area (Å²) in [5, 5.41) is 10.4. The molecule has 0 spiro atoms. The molecular formula is C21H30N11O4+. The molecule has 0 aromatic carbocycles. The first kappa shape index (κ1) is 26.1. The Morgan fingerprint density at radius 2 is 1.19 bits per heavy atom. The maximum atomic E-state index is 12.8. The quantitative estimate of drug-likeness (QED) is 0.213. The number of nitrogens with one attached hydrogen (secondary N) is 4. The van der Waals surface area contributed by atoms with Gasteiger partial charge in [0.2, 0.25) is 23.9 Å². The number of imidazole rings is 3. The van der Waals surface area contributed by atoms with Crippen molar-refractivity contribution in [2.45, 2.75) is 0 Å². The second-order valence-corrected chi connectivity index (χ2v) is 9.12. The maximum Gasteiger partial charge on any atom is 0.292 e. The first-order valence-corrected chi connectivity index (χ1v) is 10.9. The minimum absolute atomic E-state index is 0.00745. The van der Waals surface area contributed by atoms with Gasteiger partial charge in [0, 0.05) is 39.7 Å². The van der Waals surface area contributed by atoms with Crippen LogP contribution >= 0.6 is 0 Å². The zero-order valence-electron chi connectivity index (χ0n) is 21.0. The highest BCUT2D eigenvalue weighted by Crippen LogP contribution is 2.13. The summed E-state index contributed by atoms with van der Waals surface area (Å²) in [7, 11) is 10.9. The van der Waals surface area contributed by atoms with Crippen LogP contribution in [0.5, 0.6) is 0 Å². The Morgan fingerprint density at radius 1 is 0.778 bits per heavy atom. The van der Waals surface area contributed by atoms with E-state index in [-0.39, 0.29) is 40.8 Å². The van der Waals surface area contributed by atoms with E-state index in [4.69, 9.17) is 0 Å². The Bertz CT molecular complexity index is 1300. The Morgan fingerprint density at radius 3 is 1.64 bits per heavy atom. The van der Waals surface area contributed by atoms with Crippen molar-refractivity contribution in [2.75, 3.05) is 50.2 Å². The van der Waals surface area contributed by atoms with Crippen molar-refractivity contribution in [1.29, 1.82) is 0 Å². The zero-order valence-corrected chi connectivity index (χ0v) is 21.0. The molecule has 15 heteroatoms. The first-order valence-electron chi connectivity index (χ1n) is 10.9. The number of nitrogens with zero attached hydrogens (tertiary/aromatic N) is 7. The summed E-state index contributed by atoms with van der Waals surface area (Å²) >= 11 is 0. The van der Waals surface area contributed by atoms with Crippen LogP contribution in [0.25, 0.3) is 0 Å². The van der Waals surface area contributed by atoms with Crippen LogP contribution in [0.3, 0.4) is 0 Å². The fraction of sp³-hybridized carbons (Fsp3) is 0.381. The molecule has 36 heavy (non-hydrogen) atoms. The number of carbonyl (C=O) groups excluding carboxylic acids is 4. The number of anilines is 3. The monoisotopic (exact) mass is 500 g/mol. The average molecular weight is 501 g/mol. The van der Waals surface area contributed by atoms with Gasteiger partial charge in [-0.15, -0.1) is 0 Å². The van der Waals surface area contributed by atoms with Crippen molar-refractivity contribution in [3.8, 4) is 0 Å². The lowest BCUT2D eigenvalue weighted by Gasteiger charge is -2.23. The van der Waals surface area contributed by atoms with Gasteiger partial charge in [0.15, 0.2) is 17.5 Å². The number of hydrogen-bond donors (Lipinski definition) is 4. The molecule has 3 aromatic heterocycles. The molecule has 15 nitrogen and oxygen atoms in total. The predicted molar refractivity (Wildman–Crippen MR) is 130 cm³/mol. The van der Waals surface area contributed by atoms with E-state index < -0.39 is 11.8 Å². The summed E-state index contributed by atoms with van der Waals surface area (Å²) in [6.45, 7) is 1.22. The molecule has 0 atom stereocenters. The van der Waals surface area contributed by atoms with Gasteiger partial charge >= 0.3 is 0 Å². The summed E-state index contributed by atoms with van der Waals surface area (Å²) in [5.74, 6) is -0.794. The summed E-state index contributed by atoms with van der Waals surface area (Å²) in [6.07, 6.45) is 4.92. The van der Waals surface area contributed by atoms with E-state index in [1.807, 2.05) is 21.1 Å². The molecule has 0 radical (unpaired) electrons. The molecule has 192 valence electrons. The standard InChI is InChI=1S/C21H29N11O4/c1-29-9-13(23-12-33)24-17(29)20(35)28-15-11-31(3)18(26-15)21(36)27-14-10-30(2)16(25-14)19(34)22-7-8-32(4,5)6/h9-12H,7-8H2,1-6H3,(H3-,22,23,27,28,33,34,35,36)/p+1. The first-order chi connectivity index (χ1) is 16.9. The number of amides is 4. The minimum Gasteiger partial charge on any atom is -0.344 e. The molecule has 4 N–H and O–H groups in total. The fourth-order valence-electron chi connectivity index (χ4n) is 3.21. The molecule has 3 rings (SSSR count). The predicted octanol–water partition coefficient (Wildman–Crippen LogP) is -0.604. The molecule has 0 unspecified atom stereocenters. The van der Waals surface area contributed by atoms with Crippen LogP contribution in [0.2, 0.25) is 0 Å². The molecule has 0 aliphatic heterocycles. The van der Waals surface area contributed by atoms with E-state index in [2.05, 4.69) is 36.2 Å². The summed E-state index contributed by atoms with van der Waals surface area (Å²) < 4.78 is 5.09. The highest BCUT2D eigenvalue weighted by Gasteiger charge is 2.21. The smallest absolute Gasteiger partial charge is 0.292 e. The Labute approximate surface area is 207 Å². The van der Waals surface area contributed by atoms with E-state index in [0.717, 1.165) is 6.54 Å². The van der Waals surface area contributed by atoms with Crippen molar-refractivity contribution >= 4 is 41.6 Å². The van der Waals surface area contributed by atoms with Crippen LogP contribution in [-0.2, 0) is 25.9 Å². The molecule has 0 saturated heterocycles. The lowest BCUT2D eigenvalue weighted by atomic mass is 10.4. The normalized spacial score (nSPS) is 11.2. The van der Waals surface area contributed by atoms with Crippen molar-refractivity contribution < 1.29 is 23.7 Å². The lowest BCUT2D eigenvalue weighted by molar-refractivity contribution is -0.869. The zero-order chi connectivity index (χ0) is 26.6. The molecule has 0 aliphatic rings. The molecule has 0 saturated carbocycles. The molecule has 4 amide bonds. The van der Waals surface area contributed by atoms with Gasteiger partial charge in [0.25, 0.3) is 17.7 Å². The van der Waals surface area contributed by atoms with Crippen LogP contribution in [0.1, 0.15) is 31.9 Å².